The molecule has 0 aliphatic carbocycles. The summed E-state index contributed by atoms with van der Waals surface area (Å²) in [7, 11) is 0. The number of aromatic nitrogens is 5. The molecule has 1 N–H and O–H groups in total. The molecule has 7 nitrogen and oxygen atoms in total. The zero-order chi connectivity index (χ0) is 13.6. The maximum absolute atomic E-state index is 5.22. The normalized spacial score (nSPS) is 10.8. The largest absolute Gasteiger partial charge is 0.461 e. The first-order valence-electron chi connectivity index (χ1n) is 6.33. The molecule has 3 rings (SSSR count). The molecule has 102 valence electrons. The average molecular weight is 270 g/mol. The van der Waals surface area contributed by atoms with E-state index in [4.69, 9.17) is 4.42 Å². The van der Waals surface area contributed by atoms with Crippen LogP contribution < -0.4 is 5.32 Å². The van der Waals surface area contributed by atoms with Gasteiger partial charge in [0.15, 0.2) is 5.76 Å². The van der Waals surface area contributed by atoms with Gasteiger partial charge in [-0.15, -0.1) is 10.2 Å². The van der Waals surface area contributed by atoms with Crippen molar-refractivity contribution >= 4 is 0 Å². The topological polar surface area (TPSA) is 81.7 Å². The molecule has 0 aromatic carbocycles. The Morgan fingerprint density at radius 3 is 3.05 bits per heavy atom. The third-order valence-electron chi connectivity index (χ3n) is 2.73. The van der Waals surface area contributed by atoms with Crippen molar-refractivity contribution in [2.75, 3.05) is 6.54 Å². The second kappa shape index (κ2) is 6.07. The van der Waals surface area contributed by atoms with Gasteiger partial charge in [-0.1, -0.05) is 6.07 Å². The van der Waals surface area contributed by atoms with Crippen LogP contribution in [0.4, 0.5) is 0 Å². The van der Waals surface area contributed by atoms with Crippen LogP contribution in [0.15, 0.2) is 47.3 Å². The summed E-state index contributed by atoms with van der Waals surface area (Å²) in [6.45, 7) is 2.17. The van der Waals surface area contributed by atoms with Crippen molar-refractivity contribution in [2.45, 2.75) is 13.1 Å². The Morgan fingerprint density at radius 2 is 2.25 bits per heavy atom. The van der Waals surface area contributed by atoms with Crippen molar-refractivity contribution in [1.29, 1.82) is 0 Å². The molecule has 0 atom stereocenters. The van der Waals surface area contributed by atoms with Crippen LogP contribution in [0.5, 0.6) is 0 Å². The Morgan fingerprint density at radius 1 is 1.25 bits per heavy atom. The van der Waals surface area contributed by atoms with Crippen LogP contribution in [0.3, 0.4) is 0 Å². The molecule has 3 aromatic rings. The maximum atomic E-state index is 5.22. The minimum atomic E-state index is 0.502. The third-order valence-corrected chi connectivity index (χ3v) is 2.73. The molecule has 20 heavy (non-hydrogen) atoms. The first kappa shape index (κ1) is 12.5. The van der Waals surface area contributed by atoms with Crippen molar-refractivity contribution in [1.82, 2.24) is 30.5 Å². The van der Waals surface area contributed by atoms with E-state index in [2.05, 4.69) is 25.7 Å². The average Bonchev–Trinajstić information content (AvgIpc) is 3.15. The number of furan rings is 1. The molecule has 0 radical (unpaired) electrons. The van der Waals surface area contributed by atoms with Crippen LogP contribution in [0.1, 0.15) is 5.56 Å². The Balaban J connectivity index is 1.47. The summed E-state index contributed by atoms with van der Waals surface area (Å²) in [6, 6.07) is 7.56. The lowest BCUT2D eigenvalue weighted by Crippen LogP contribution is -2.20. The van der Waals surface area contributed by atoms with Gasteiger partial charge in [0, 0.05) is 25.5 Å². The predicted molar refractivity (Wildman–Crippen MR) is 71.5 cm³/mol. The Bertz CT molecular complexity index is 634. The van der Waals surface area contributed by atoms with Crippen molar-refractivity contribution in [3.63, 3.8) is 0 Å². The number of tetrazole rings is 1. The highest BCUT2D eigenvalue weighted by Gasteiger charge is 2.07. The highest BCUT2D eigenvalue weighted by Crippen LogP contribution is 2.12. The van der Waals surface area contributed by atoms with Gasteiger partial charge in [-0.25, -0.2) is 0 Å². The number of rotatable bonds is 6. The van der Waals surface area contributed by atoms with Crippen molar-refractivity contribution < 1.29 is 4.42 Å². The molecule has 0 aliphatic heterocycles. The van der Waals surface area contributed by atoms with Crippen molar-refractivity contribution in [3.8, 4) is 11.6 Å². The van der Waals surface area contributed by atoms with Gasteiger partial charge in [-0.3, -0.25) is 4.98 Å². The fourth-order valence-electron chi connectivity index (χ4n) is 1.76. The predicted octanol–water partition coefficient (Wildman–Crippen LogP) is 1.12. The Kier molecular flexibility index (Phi) is 3.79. The summed E-state index contributed by atoms with van der Waals surface area (Å²) in [6.07, 6.45) is 5.19. The van der Waals surface area contributed by atoms with Gasteiger partial charge in [0.1, 0.15) is 0 Å². The second-order valence-corrected chi connectivity index (χ2v) is 4.22. The summed E-state index contributed by atoms with van der Waals surface area (Å²) in [5, 5.41) is 15.5. The van der Waals surface area contributed by atoms with Crippen LogP contribution in [-0.2, 0) is 13.1 Å². The first-order chi connectivity index (χ1) is 9.92. The van der Waals surface area contributed by atoms with Crippen LogP contribution in [0.2, 0.25) is 0 Å². The summed E-state index contributed by atoms with van der Waals surface area (Å²) in [4.78, 5) is 5.61. The lowest BCUT2D eigenvalue weighted by molar-refractivity contribution is 0.490. The zero-order valence-corrected chi connectivity index (χ0v) is 10.8. The van der Waals surface area contributed by atoms with Gasteiger partial charge in [-0.05, 0) is 29.0 Å². The van der Waals surface area contributed by atoms with Gasteiger partial charge >= 0.3 is 0 Å². The third kappa shape index (κ3) is 3.07. The highest BCUT2D eigenvalue weighted by atomic mass is 16.3. The van der Waals surface area contributed by atoms with Gasteiger partial charge in [0.25, 0.3) is 0 Å². The van der Waals surface area contributed by atoms with Gasteiger partial charge in [0.2, 0.25) is 5.82 Å². The molecule has 3 heterocycles. The van der Waals surface area contributed by atoms with Crippen LogP contribution in [0.25, 0.3) is 11.6 Å². The van der Waals surface area contributed by atoms with Crippen LogP contribution in [0, 0.1) is 0 Å². The number of pyridine rings is 1. The van der Waals surface area contributed by atoms with Gasteiger partial charge < -0.3 is 9.73 Å². The lowest BCUT2D eigenvalue weighted by Gasteiger charge is -2.03. The summed E-state index contributed by atoms with van der Waals surface area (Å²) in [5.74, 6) is 1.13. The Hall–Kier alpha value is -2.54. The first-order valence-corrected chi connectivity index (χ1v) is 6.33. The smallest absolute Gasteiger partial charge is 0.240 e. The zero-order valence-electron chi connectivity index (χ0n) is 10.8. The van der Waals surface area contributed by atoms with Crippen LogP contribution >= 0.6 is 0 Å². The van der Waals surface area contributed by atoms with Crippen LogP contribution in [-0.4, -0.2) is 31.7 Å². The standard InChI is InChI=1S/C13H14N6O/c1-3-11(9-14-5-1)10-15-6-7-19-17-13(16-18-19)12-4-2-8-20-12/h1-5,8-9,15H,6-7,10H2. The Labute approximate surface area is 115 Å². The highest BCUT2D eigenvalue weighted by molar-refractivity contribution is 5.43. The summed E-state index contributed by atoms with van der Waals surface area (Å²) < 4.78 is 5.22. The van der Waals surface area contributed by atoms with E-state index in [1.807, 2.05) is 24.4 Å². The molecule has 7 heteroatoms. The SMILES string of the molecule is c1cncc(CNCCn2nnc(-c3ccco3)n2)c1. The molecule has 0 amide bonds. The number of nitrogens with one attached hydrogen (secondary N) is 1. The number of hydrogen-bond acceptors (Lipinski definition) is 6. The molecule has 0 aliphatic rings. The van der Waals surface area contributed by atoms with Gasteiger partial charge in [0.05, 0.1) is 12.8 Å². The molecular formula is C13H14N6O. The summed E-state index contributed by atoms with van der Waals surface area (Å²) in [5.41, 5.74) is 1.15. The molecule has 3 aromatic heterocycles. The molecule has 0 spiro atoms. The monoisotopic (exact) mass is 270 g/mol. The van der Waals surface area contributed by atoms with E-state index in [0.717, 1.165) is 18.7 Å². The summed E-state index contributed by atoms with van der Waals surface area (Å²) >= 11 is 0. The lowest BCUT2D eigenvalue weighted by atomic mass is 10.3. The maximum Gasteiger partial charge on any atom is 0.240 e. The minimum absolute atomic E-state index is 0.502. The fraction of sp³-hybridized carbons (Fsp3) is 0.231. The molecule has 0 saturated heterocycles. The van der Waals surface area contributed by atoms with Crippen molar-refractivity contribution in [2.24, 2.45) is 0 Å². The van der Waals surface area contributed by atoms with Crippen molar-refractivity contribution in [3.05, 3.63) is 48.5 Å². The molecular weight excluding hydrogens is 256 g/mol. The second-order valence-electron chi connectivity index (χ2n) is 4.22. The molecule has 0 unspecified atom stereocenters. The molecule has 0 bridgehead atoms. The van der Waals surface area contributed by atoms with Gasteiger partial charge in [-0.2, -0.15) is 4.80 Å². The van der Waals surface area contributed by atoms with E-state index >= 15 is 0 Å². The fourth-order valence-corrected chi connectivity index (χ4v) is 1.76. The van der Waals surface area contributed by atoms with E-state index < -0.39 is 0 Å². The quantitative estimate of drug-likeness (QED) is 0.676. The molecule has 0 saturated carbocycles. The minimum Gasteiger partial charge on any atom is -0.461 e. The van der Waals surface area contributed by atoms with E-state index in [-0.39, 0.29) is 0 Å². The molecule has 0 fully saturated rings. The van der Waals surface area contributed by atoms with E-state index in [0.29, 0.717) is 18.1 Å². The van der Waals surface area contributed by atoms with E-state index in [9.17, 15) is 0 Å². The number of nitrogens with zero attached hydrogens (tertiary/aromatic N) is 5. The van der Waals surface area contributed by atoms with E-state index in [1.54, 1.807) is 23.3 Å². The number of hydrogen-bond donors (Lipinski definition) is 1. The van der Waals surface area contributed by atoms with E-state index in [1.165, 1.54) is 0 Å².